The Labute approximate surface area is 123 Å². The van der Waals surface area contributed by atoms with Crippen molar-refractivity contribution < 1.29 is 0 Å². The first-order valence-electron chi connectivity index (χ1n) is 6.78. The molecule has 3 heterocycles. The van der Waals surface area contributed by atoms with Gasteiger partial charge in [0.05, 0.1) is 12.6 Å². The summed E-state index contributed by atoms with van der Waals surface area (Å²) < 4.78 is 4.89. The highest BCUT2D eigenvalue weighted by atomic mass is 32.2. The number of hydrogen-bond acceptors (Lipinski definition) is 6. The van der Waals surface area contributed by atoms with Crippen molar-refractivity contribution in [1.29, 1.82) is 0 Å². The Morgan fingerprint density at radius 2 is 2.24 bits per heavy atom. The molecule has 0 unspecified atom stereocenters. The molecule has 1 fully saturated rings. The number of aryl methyl sites for hydroxylation is 1. The monoisotopic (exact) mass is 303 g/mol. The van der Waals surface area contributed by atoms with Gasteiger partial charge in [0, 0.05) is 11.9 Å². The normalized spacial score (nSPS) is 14.9. The van der Waals surface area contributed by atoms with Crippen LogP contribution in [0.15, 0.2) is 34.3 Å². The molecule has 4 rings (SSSR count). The van der Waals surface area contributed by atoms with E-state index < -0.39 is 0 Å². The summed E-state index contributed by atoms with van der Waals surface area (Å²) in [5.74, 6) is 0.705. The Morgan fingerprint density at radius 3 is 3.05 bits per heavy atom. The van der Waals surface area contributed by atoms with E-state index in [0.29, 0.717) is 24.0 Å². The third-order valence-electron chi connectivity index (χ3n) is 3.38. The first-order valence-corrected chi connectivity index (χ1v) is 7.76. The molecule has 1 aliphatic rings. The molecule has 1 aliphatic carbocycles. The van der Waals surface area contributed by atoms with Crippen LogP contribution in [0.5, 0.6) is 0 Å². The second-order valence-corrected chi connectivity index (χ2v) is 5.98. The molecule has 0 saturated heterocycles. The van der Waals surface area contributed by atoms with Crippen molar-refractivity contribution in [2.75, 3.05) is 5.75 Å². The van der Waals surface area contributed by atoms with E-state index in [0.717, 1.165) is 18.0 Å². The summed E-state index contributed by atoms with van der Waals surface area (Å²) in [5, 5.41) is 16.9. The van der Waals surface area contributed by atoms with Crippen molar-refractivity contribution in [2.45, 2.75) is 30.6 Å². The minimum atomic E-state index is -0.118. The number of pyridine rings is 1. The molecule has 9 heteroatoms. The number of rotatable bonds is 5. The molecule has 0 amide bonds. The molecule has 8 nitrogen and oxygen atoms in total. The summed E-state index contributed by atoms with van der Waals surface area (Å²) in [6.07, 6.45) is 4.01. The molecular weight excluding hydrogens is 290 g/mol. The first kappa shape index (κ1) is 12.6. The second-order valence-electron chi connectivity index (χ2n) is 4.92. The summed E-state index contributed by atoms with van der Waals surface area (Å²) >= 11 is 1.55. The molecule has 21 heavy (non-hydrogen) atoms. The molecule has 3 aromatic rings. The highest BCUT2D eigenvalue weighted by Gasteiger charge is 2.27. The lowest BCUT2D eigenvalue weighted by Crippen LogP contribution is -2.22. The van der Waals surface area contributed by atoms with Crippen LogP contribution in [0, 0.1) is 0 Å². The average Bonchev–Trinajstić information content (AvgIpc) is 3.16. The van der Waals surface area contributed by atoms with Crippen LogP contribution < -0.4 is 5.69 Å². The third-order valence-corrected chi connectivity index (χ3v) is 4.29. The van der Waals surface area contributed by atoms with Gasteiger partial charge >= 0.3 is 5.69 Å². The average molecular weight is 303 g/mol. The number of thioether (sulfide) groups is 1. The minimum Gasteiger partial charge on any atom is -0.250 e. The summed E-state index contributed by atoms with van der Waals surface area (Å²) in [4.78, 5) is 12.1. The zero-order valence-corrected chi connectivity index (χ0v) is 12.0. The van der Waals surface area contributed by atoms with Gasteiger partial charge in [0.1, 0.15) is 0 Å². The molecule has 0 aromatic carbocycles. The fraction of sp³-hybridized carbons (Fsp3) is 0.417. The van der Waals surface area contributed by atoms with E-state index in [4.69, 9.17) is 0 Å². The van der Waals surface area contributed by atoms with Crippen LogP contribution in [0.3, 0.4) is 0 Å². The van der Waals surface area contributed by atoms with Gasteiger partial charge in [-0.3, -0.25) is 4.40 Å². The van der Waals surface area contributed by atoms with Crippen LogP contribution in [0.2, 0.25) is 0 Å². The zero-order valence-electron chi connectivity index (χ0n) is 11.2. The molecule has 0 N–H and O–H groups in total. The van der Waals surface area contributed by atoms with E-state index in [1.54, 1.807) is 22.4 Å². The Balaban J connectivity index is 1.47. The number of hydrogen-bond donors (Lipinski definition) is 0. The lowest BCUT2D eigenvalue weighted by atomic mass is 10.5. The van der Waals surface area contributed by atoms with Gasteiger partial charge in [-0.25, -0.2) is 14.2 Å². The molecule has 0 aliphatic heterocycles. The quantitative estimate of drug-likeness (QED) is 0.642. The van der Waals surface area contributed by atoms with E-state index in [-0.39, 0.29) is 5.69 Å². The van der Waals surface area contributed by atoms with Crippen molar-refractivity contribution in [3.63, 3.8) is 0 Å². The Bertz CT molecular complexity index is 831. The smallest absolute Gasteiger partial charge is 0.250 e. The SMILES string of the molecule is O=c1n(CCSc2nnnn2C2CC2)nc2ccccn12. The fourth-order valence-corrected chi connectivity index (χ4v) is 3.02. The maximum atomic E-state index is 12.1. The maximum absolute atomic E-state index is 12.1. The van der Waals surface area contributed by atoms with Crippen LogP contribution in [0.4, 0.5) is 0 Å². The van der Waals surface area contributed by atoms with Crippen molar-refractivity contribution in [3.8, 4) is 0 Å². The fourth-order valence-electron chi connectivity index (χ4n) is 2.17. The van der Waals surface area contributed by atoms with Gasteiger partial charge in [-0.2, -0.15) is 0 Å². The number of aromatic nitrogens is 7. The number of tetrazole rings is 1. The van der Waals surface area contributed by atoms with Gasteiger partial charge in [0.25, 0.3) is 0 Å². The lowest BCUT2D eigenvalue weighted by molar-refractivity contribution is 0.564. The summed E-state index contributed by atoms with van der Waals surface area (Å²) in [7, 11) is 0. The maximum Gasteiger partial charge on any atom is 0.350 e. The lowest BCUT2D eigenvalue weighted by Gasteiger charge is -2.01. The third kappa shape index (κ3) is 2.33. The first-order chi connectivity index (χ1) is 10.3. The van der Waals surface area contributed by atoms with Gasteiger partial charge in [-0.1, -0.05) is 17.8 Å². The van der Waals surface area contributed by atoms with Gasteiger partial charge in [0.15, 0.2) is 5.65 Å². The van der Waals surface area contributed by atoms with E-state index in [2.05, 4.69) is 20.6 Å². The van der Waals surface area contributed by atoms with E-state index >= 15 is 0 Å². The van der Waals surface area contributed by atoms with Crippen LogP contribution in [0.25, 0.3) is 5.65 Å². The Kier molecular flexibility index (Phi) is 2.99. The molecule has 3 aromatic heterocycles. The molecular formula is C12H13N7OS. The van der Waals surface area contributed by atoms with E-state index in [1.807, 2.05) is 22.9 Å². The molecule has 1 saturated carbocycles. The van der Waals surface area contributed by atoms with Crippen LogP contribution in [-0.4, -0.2) is 40.1 Å². The summed E-state index contributed by atoms with van der Waals surface area (Å²) in [6.45, 7) is 0.530. The van der Waals surface area contributed by atoms with E-state index in [9.17, 15) is 4.79 Å². The van der Waals surface area contributed by atoms with Gasteiger partial charge in [-0.15, -0.1) is 10.2 Å². The predicted molar refractivity (Wildman–Crippen MR) is 76.3 cm³/mol. The van der Waals surface area contributed by atoms with Crippen LogP contribution in [0.1, 0.15) is 18.9 Å². The second kappa shape index (κ2) is 4.99. The van der Waals surface area contributed by atoms with Crippen molar-refractivity contribution in [3.05, 3.63) is 34.9 Å². The predicted octanol–water partition coefficient (Wildman–Crippen LogP) is 0.610. The molecule has 0 spiro atoms. The van der Waals surface area contributed by atoms with Gasteiger partial charge in [0.2, 0.25) is 5.16 Å². The van der Waals surface area contributed by atoms with Gasteiger partial charge < -0.3 is 0 Å². The highest BCUT2D eigenvalue weighted by Crippen LogP contribution is 2.36. The zero-order chi connectivity index (χ0) is 14.2. The Hall–Kier alpha value is -2.16. The topological polar surface area (TPSA) is 82.9 Å². The minimum absolute atomic E-state index is 0.118. The number of fused-ring (bicyclic) bond motifs is 1. The Morgan fingerprint density at radius 1 is 1.33 bits per heavy atom. The molecule has 0 radical (unpaired) electrons. The largest absolute Gasteiger partial charge is 0.350 e. The van der Waals surface area contributed by atoms with Gasteiger partial charge in [-0.05, 0) is 35.4 Å². The molecule has 0 bridgehead atoms. The van der Waals surface area contributed by atoms with Crippen LogP contribution in [-0.2, 0) is 6.54 Å². The molecule has 108 valence electrons. The summed E-state index contributed by atoms with van der Waals surface area (Å²) in [6, 6.07) is 5.96. The molecule has 0 atom stereocenters. The number of nitrogens with zero attached hydrogens (tertiary/aromatic N) is 7. The highest BCUT2D eigenvalue weighted by molar-refractivity contribution is 7.99. The summed E-state index contributed by atoms with van der Waals surface area (Å²) in [5.41, 5.74) is 0.545. The van der Waals surface area contributed by atoms with E-state index in [1.165, 1.54) is 4.68 Å². The van der Waals surface area contributed by atoms with Crippen molar-refractivity contribution in [1.82, 2.24) is 34.4 Å². The van der Waals surface area contributed by atoms with Crippen molar-refractivity contribution >= 4 is 17.4 Å². The van der Waals surface area contributed by atoms with Crippen LogP contribution >= 0.6 is 11.8 Å². The standard InChI is InChI=1S/C12H13N7OS/c20-12-17-6-2-1-3-10(17)14-18(12)7-8-21-11-13-15-16-19(11)9-4-5-9/h1-3,6,9H,4-5,7-8H2. The van der Waals surface area contributed by atoms with Crippen molar-refractivity contribution in [2.24, 2.45) is 0 Å².